The smallest absolute Gasteiger partial charge is 0.179 e. The molecule has 10 heteroatoms. The zero-order chi connectivity index (χ0) is 22.9. The fourth-order valence-electron chi connectivity index (χ4n) is 4.23. The highest BCUT2D eigenvalue weighted by atomic mass is 35.5. The summed E-state index contributed by atoms with van der Waals surface area (Å²) in [6, 6.07) is 5.54. The topological polar surface area (TPSA) is 104 Å². The number of aliphatic hydroxyl groups is 1. The molecule has 1 N–H and O–H groups in total. The Morgan fingerprint density at radius 1 is 1.30 bits per heavy atom. The van der Waals surface area contributed by atoms with Crippen molar-refractivity contribution in [3.8, 4) is 23.2 Å². The summed E-state index contributed by atoms with van der Waals surface area (Å²) in [6.07, 6.45) is 9.15. The van der Waals surface area contributed by atoms with Crippen molar-refractivity contribution in [2.45, 2.75) is 26.0 Å². The summed E-state index contributed by atoms with van der Waals surface area (Å²) in [5.74, 6) is 0.496. The quantitative estimate of drug-likeness (QED) is 0.453. The van der Waals surface area contributed by atoms with Gasteiger partial charge in [0, 0.05) is 54.9 Å². The van der Waals surface area contributed by atoms with E-state index in [4.69, 9.17) is 21.4 Å². The molecular weight excluding hydrogens is 442 g/mol. The summed E-state index contributed by atoms with van der Waals surface area (Å²) < 4.78 is 9.90. The molecule has 1 atom stereocenters. The molecule has 4 aromatic heterocycles. The van der Waals surface area contributed by atoms with E-state index in [-0.39, 0.29) is 6.61 Å². The van der Waals surface area contributed by atoms with Crippen LogP contribution in [-0.4, -0.2) is 54.1 Å². The van der Waals surface area contributed by atoms with Gasteiger partial charge in [0.1, 0.15) is 17.4 Å². The Balaban J connectivity index is 1.57. The van der Waals surface area contributed by atoms with Gasteiger partial charge < -0.3 is 14.7 Å². The van der Waals surface area contributed by atoms with Crippen molar-refractivity contribution in [2.24, 2.45) is 0 Å². The van der Waals surface area contributed by atoms with Crippen LogP contribution in [-0.2, 0) is 13.0 Å². The lowest BCUT2D eigenvalue weighted by atomic mass is 10.1. The minimum Gasteiger partial charge on any atom is -0.481 e. The first-order valence-corrected chi connectivity index (χ1v) is 11.0. The predicted octanol–water partition coefficient (Wildman–Crippen LogP) is 3.01. The average molecular weight is 464 g/mol. The highest BCUT2D eigenvalue weighted by molar-refractivity contribution is 6.34. The standard InChI is InChI=1S/C23H22ClN7O2/c1-15-19-4-6-29(14-25)7-8-30(19)28-22(15)17-9-20(23-18(24)11-27-31(23)12-17)33-21(13-32)16-3-2-5-26-10-16/h2-3,5,9-12,21,32H,4,6-8,13H2,1H3. The largest absolute Gasteiger partial charge is 0.481 e. The first kappa shape index (κ1) is 21.2. The van der Waals surface area contributed by atoms with Gasteiger partial charge in [-0.2, -0.15) is 15.5 Å². The van der Waals surface area contributed by atoms with E-state index in [1.165, 1.54) is 0 Å². The Labute approximate surface area is 195 Å². The molecule has 0 radical (unpaired) electrons. The summed E-state index contributed by atoms with van der Waals surface area (Å²) in [6.45, 7) is 3.78. The Morgan fingerprint density at radius 3 is 2.94 bits per heavy atom. The first-order chi connectivity index (χ1) is 16.1. The minimum absolute atomic E-state index is 0.221. The maximum Gasteiger partial charge on any atom is 0.179 e. The van der Waals surface area contributed by atoms with Crippen molar-refractivity contribution >= 4 is 17.1 Å². The molecule has 1 aliphatic heterocycles. The van der Waals surface area contributed by atoms with Crippen LogP contribution in [0.2, 0.25) is 5.02 Å². The van der Waals surface area contributed by atoms with Gasteiger partial charge in [0.15, 0.2) is 6.19 Å². The third-order valence-electron chi connectivity index (χ3n) is 5.96. The van der Waals surface area contributed by atoms with Gasteiger partial charge in [0.25, 0.3) is 0 Å². The Kier molecular flexibility index (Phi) is 5.62. The normalized spacial score (nSPS) is 14.5. The highest BCUT2D eigenvalue weighted by Gasteiger charge is 2.23. The van der Waals surface area contributed by atoms with Crippen molar-refractivity contribution < 1.29 is 9.84 Å². The molecule has 5 heterocycles. The van der Waals surface area contributed by atoms with Crippen LogP contribution in [0.4, 0.5) is 0 Å². The molecule has 9 nitrogen and oxygen atoms in total. The zero-order valence-corrected chi connectivity index (χ0v) is 18.8. The van der Waals surface area contributed by atoms with E-state index in [0.717, 1.165) is 34.5 Å². The maximum atomic E-state index is 9.99. The van der Waals surface area contributed by atoms with Crippen LogP contribution in [0.1, 0.15) is 22.9 Å². The van der Waals surface area contributed by atoms with Crippen molar-refractivity contribution in [2.75, 3.05) is 19.7 Å². The number of nitriles is 1. The summed E-state index contributed by atoms with van der Waals surface area (Å²) >= 11 is 6.42. The molecule has 0 saturated carbocycles. The molecule has 0 bridgehead atoms. The van der Waals surface area contributed by atoms with Crippen molar-refractivity contribution in [1.82, 2.24) is 29.3 Å². The van der Waals surface area contributed by atoms with E-state index < -0.39 is 6.10 Å². The van der Waals surface area contributed by atoms with Crippen molar-refractivity contribution in [1.29, 1.82) is 5.26 Å². The monoisotopic (exact) mass is 463 g/mol. The number of nitrogens with zero attached hydrogens (tertiary/aromatic N) is 7. The molecule has 1 aliphatic rings. The van der Waals surface area contributed by atoms with Crippen LogP contribution >= 0.6 is 11.6 Å². The lowest BCUT2D eigenvalue weighted by Crippen LogP contribution is -2.21. The van der Waals surface area contributed by atoms with Crippen LogP contribution in [0, 0.1) is 18.4 Å². The van der Waals surface area contributed by atoms with Gasteiger partial charge in [-0.1, -0.05) is 17.7 Å². The molecule has 1 unspecified atom stereocenters. The predicted molar refractivity (Wildman–Crippen MR) is 122 cm³/mol. The van der Waals surface area contributed by atoms with Crippen molar-refractivity contribution in [3.05, 3.63) is 64.8 Å². The number of ether oxygens (including phenoxy) is 1. The number of pyridine rings is 2. The van der Waals surface area contributed by atoms with Gasteiger partial charge in [-0.15, -0.1) is 0 Å². The van der Waals surface area contributed by atoms with E-state index in [0.29, 0.717) is 35.9 Å². The summed E-state index contributed by atoms with van der Waals surface area (Å²) in [4.78, 5) is 5.88. The van der Waals surface area contributed by atoms with E-state index in [1.807, 2.05) is 29.9 Å². The molecule has 4 aromatic rings. The summed E-state index contributed by atoms with van der Waals surface area (Å²) in [5, 5.41) is 28.9. The number of fused-ring (bicyclic) bond motifs is 2. The number of aromatic nitrogens is 5. The molecule has 0 spiro atoms. The second kappa shape index (κ2) is 8.73. The first-order valence-electron chi connectivity index (χ1n) is 10.6. The lowest BCUT2D eigenvalue weighted by molar-refractivity contribution is 0.117. The number of hydrogen-bond donors (Lipinski definition) is 1. The second-order valence-corrected chi connectivity index (χ2v) is 8.34. The zero-order valence-electron chi connectivity index (χ0n) is 18.0. The molecule has 0 aliphatic carbocycles. The third-order valence-corrected chi connectivity index (χ3v) is 6.24. The molecule has 0 saturated heterocycles. The molecule has 0 aromatic carbocycles. The summed E-state index contributed by atoms with van der Waals surface area (Å²) in [5.41, 5.74) is 5.21. The average Bonchev–Trinajstić information content (AvgIpc) is 3.29. The van der Waals surface area contributed by atoms with Crippen LogP contribution < -0.4 is 4.74 Å². The van der Waals surface area contributed by atoms with Crippen molar-refractivity contribution in [3.63, 3.8) is 0 Å². The van der Waals surface area contributed by atoms with E-state index in [2.05, 4.69) is 16.3 Å². The minimum atomic E-state index is -0.611. The Hall–Kier alpha value is -3.61. The number of aliphatic hydroxyl groups excluding tert-OH is 1. The molecular formula is C23H22ClN7O2. The molecule has 5 rings (SSSR count). The highest BCUT2D eigenvalue weighted by Crippen LogP contribution is 2.36. The van der Waals surface area contributed by atoms with Crippen LogP contribution in [0.15, 0.2) is 43.0 Å². The van der Waals surface area contributed by atoms with E-state index in [9.17, 15) is 10.4 Å². The number of rotatable bonds is 5. The molecule has 33 heavy (non-hydrogen) atoms. The van der Waals surface area contributed by atoms with Gasteiger partial charge in [0.2, 0.25) is 0 Å². The fourth-order valence-corrected chi connectivity index (χ4v) is 4.45. The third kappa shape index (κ3) is 3.88. The molecule has 0 fully saturated rings. The van der Waals surface area contributed by atoms with Gasteiger partial charge in [-0.05, 0) is 24.6 Å². The van der Waals surface area contributed by atoms with Crippen LogP contribution in [0.5, 0.6) is 5.75 Å². The van der Waals surface area contributed by atoms with Gasteiger partial charge in [-0.25, -0.2) is 4.52 Å². The number of hydrogen-bond acceptors (Lipinski definition) is 7. The number of halogens is 1. The Bertz CT molecular complexity index is 1340. The van der Waals surface area contributed by atoms with Gasteiger partial charge in [-0.3, -0.25) is 9.67 Å². The molecule has 168 valence electrons. The van der Waals surface area contributed by atoms with E-state index in [1.54, 1.807) is 34.1 Å². The summed E-state index contributed by atoms with van der Waals surface area (Å²) in [7, 11) is 0. The van der Waals surface area contributed by atoms with Crippen LogP contribution in [0.3, 0.4) is 0 Å². The van der Waals surface area contributed by atoms with Gasteiger partial charge in [0.05, 0.1) is 30.1 Å². The maximum absolute atomic E-state index is 9.99. The molecule has 0 amide bonds. The second-order valence-electron chi connectivity index (χ2n) is 7.93. The lowest BCUT2D eigenvalue weighted by Gasteiger charge is -2.18. The van der Waals surface area contributed by atoms with Gasteiger partial charge >= 0.3 is 0 Å². The fraction of sp³-hybridized carbons (Fsp3) is 0.304. The van der Waals surface area contributed by atoms with E-state index >= 15 is 0 Å². The van der Waals surface area contributed by atoms with Crippen LogP contribution in [0.25, 0.3) is 16.8 Å². The SMILES string of the molecule is Cc1c(-c2cc(OC(CO)c3cccnc3)c3c(Cl)cnn3c2)nn2c1CCN(C#N)CC2. The Morgan fingerprint density at radius 2 is 2.18 bits per heavy atom.